The summed E-state index contributed by atoms with van der Waals surface area (Å²) in [4.78, 5) is 16.2. The Hall–Kier alpha value is -2.59. The van der Waals surface area contributed by atoms with E-state index in [9.17, 15) is 4.79 Å². The number of methoxy groups -OCH3 is 1. The van der Waals surface area contributed by atoms with Gasteiger partial charge in [0.25, 0.3) is 0 Å². The molecule has 122 valence electrons. The third kappa shape index (κ3) is 3.05. The maximum atomic E-state index is 11.9. The van der Waals surface area contributed by atoms with Gasteiger partial charge in [-0.1, -0.05) is 29.8 Å². The van der Waals surface area contributed by atoms with E-state index < -0.39 is 5.97 Å². The first-order valence-electron chi connectivity index (χ1n) is 7.51. The Balaban J connectivity index is 2.16. The Labute approximate surface area is 145 Å². The van der Waals surface area contributed by atoms with Crippen LogP contribution in [0.2, 0.25) is 5.02 Å². The quantitative estimate of drug-likeness (QED) is 0.679. The van der Waals surface area contributed by atoms with Gasteiger partial charge in [-0.3, -0.25) is 0 Å². The van der Waals surface area contributed by atoms with Gasteiger partial charge in [0, 0.05) is 11.1 Å². The number of anilines is 2. The van der Waals surface area contributed by atoms with Gasteiger partial charge in [0.05, 0.1) is 23.3 Å². The van der Waals surface area contributed by atoms with E-state index in [2.05, 4.69) is 36.3 Å². The van der Waals surface area contributed by atoms with Crippen LogP contribution >= 0.6 is 11.6 Å². The molecular weight excluding hydrogens is 324 g/mol. The highest BCUT2D eigenvalue weighted by Crippen LogP contribution is 2.31. The summed E-state index contributed by atoms with van der Waals surface area (Å²) >= 11 is 6.26. The maximum Gasteiger partial charge on any atom is 0.356 e. The van der Waals surface area contributed by atoms with Gasteiger partial charge in [-0.05, 0) is 49.2 Å². The summed E-state index contributed by atoms with van der Waals surface area (Å²) in [5.74, 6) is -0.500. The second kappa shape index (κ2) is 6.49. The van der Waals surface area contributed by atoms with Crippen LogP contribution in [0.3, 0.4) is 0 Å². The van der Waals surface area contributed by atoms with Crippen molar-refractivity contribution in [3.63, 3.8) is 0 Å². The molecule has 0 amide bonds. The van der Waals surface area contributed by atoms with E-state index in [1.165, 1.54) is 18.2 Å². The smallest absolute Gasteiger partial charge is 0.356 e. The zero-order valence-electron chi connectivity index (χ0n) is 13.7. The summed E-state index contributed by atoms with van der Waals surface area (Å²) in [6.45, 7) is 4.12. The molecule has 0 saturated carbocycles. The number of para-hydroxylation sites is 1. The van der Waals surface area contributed by atoms with Crippen LogP contribution in [0, 0.1) is 13.8 Å². The number of nitrogens with one attached hydrogen (secondary N) is 1. The molecule has 0 aliphatic heterocycles. The molecular formula is C19H17ClN2O2. The van der Waals surface area contributed by atoms with Crippen LogP contribution in [0.5, 0.6) is 0 Å². The second-order valence-corrected chi connectivity index (χ2v) is 6.01. The third-order valence-corrected chi connectivity index (χ3v) is 4.28. The Bertz CT molecular complexity index is 938. The standard InChI is InChI=1S/C19H17ClN2O2/c1-11-7-8-13(9-12(11)2)21-16-10-17(19(23)24-3)22-18-14(16)5-4-6-15(18)20/h4-10H,1-3H3,(H,21,22). The number of carbonyl (C=O) groups excluding carboxylic acids is 1. The third-order valence-electron chi connectivity index (χ3n) is 3.97. The van der Waals surface area contributed by atoms with Gasteiger partial charge in [-0.25, -0.2) is 9.78 Å². The second-order valence-electron chi connectivity index (χ2n) is 5.61. The minimum Gasteiger partial charge on any atom is -0.464 e. The van der Waals surface area contributed by atoms with Crippen LogP contribution in [0.15, 0.2) is 42.5 Å². The number of nitrogens with zero attached hydrogens (tertiary/aromatic N) is 1. The van der Waals surface area contributed by atoms with E-state index in [0.717, 1.165) is 16.8 Å². The number of pyridine rings is 1. The van der Waals surface area contributed by atoms with Gasteiger partial charge in [-0.15, -0.1) is 0 Å². The van der Waals surface area contributed by atoms with Crippen LogP contribution in [0.25, 0.3) is 10.9 Å². The Kier molecular flexibility index (Phi) is 4.40. The number of halogens is 1. The topological polar surface area (TPSA) is 51.2 Å². The number of rotatable bonds is 3. The highest BCUT2D eigenvalue weighted by Gasteiger charge is 2.14. The molecule has 0 spiro atoms. The lowest BCUT2D eigenvalue weighted by molar-refractivity contribution is 0.0594. The molecule has 1 aromatic heterocycles. The molecule has 2 aromatic carbocycles. The lowest BCUT2D eigenvalue weighted by Gasteiger charge is -2.13. The van der Waals surface area contributed by atoms with Gasteiger partial charge in [-0.2, -0.15) is 0 Å². The van der Waals surface area contributed by atoms with E-state index in [4.69, 9.17) is 16.3 Å². The largest absolute Gasteiger partial charge is 0.464 e. The van der Waals surface area contributed by atoms with E-state index in [0.29, 0.717) is 10.5 Å². The zero-order chi connectivity index (χ0) is 17.3. The molecule has 3 aromatic rings. The SMILES string of the molecule is COC(=O)c1cc(Nc2ccc(C)c(C)c2)c2cccc(Cl)c2n1. The van der Waals surface area contributed by atoms with E-state index in [1.807, 2.05) is 18.2 Å². The fraction of sp³-hybridized carbons (Fsp3) is 0.158. The molecule has 1 heterocycles. The molecule has 4 nitrogen and oxygen atoms in total. The summed E-state index contributed by atoms with van der Waals surface area (Å²) < 4.78 is 4.79. The number of hydrogen-bond acceptors (Lipinski definition) is 4. The lowest BCUT2D eigenvalue weighted by Crippen LogP contribution is -2.06. The van der Waals surface area contributed by atoms with Crippen molar-refractivity contribution in [2.75, 3.05) is 12.4 Å². The average Bonchev–Trinajstić information content (AvgIpc) is 2.58. The molecule has 0 radical (unpaired) electrons. The van der Waals surface area contributed by atoms with Crippen molar-refractivity contribution in [1.29, 1.82) is 0 Å². The predicted molar refractivity (Wildman–Crippen MR) is 97.3 cm³/mol. The molecule has 0 saturated heterocycles. The summed E-state index contributed by atoms with van der Waals surface area (Å²) in [5.41, 5.74) is 4.87. The highest BCUT2D eigenvalue weighted by atomic mass is 35.5. The number of benzene rings is 2. The molecule has 0 aliphatic carbocycles. The minimum absolute atomic E-state index is 0.212. The van der Waals surface area contributed by atoms with Gasteiger partial charge >= 0.3 is 5.97 Å². The van der Waals surface area contributed by atoms with Crippen molar-refractivity contribution in [2.45, 2.75) is 13.8 Å². The number of esters is 1. The number of aromatic nitrogens is 1. The molecule has 0 aliphatic rings. The van der Waals surface area contributed by atoms with Crippen molar-refractivity contribution < 1.29 is 9.53 Å². The normalized spacial score (nSPS) is 10.7. The lowest BCUT2D eigenvalue weighted by atomic mass is 10.1. The summed E-state index contributed by atoms with van der Waals surface area (Å²) in [6, 6.07) is 13.3. The highest BCUT2D eigenvalue weighted by molar-refractivity contribution is 6.35. The molecule has 3 rings (SSSR count). The maximum absolute atomic E-state index is 11.9. The van der Waals surface area contributed by atoms with Crippen molar-refractivity contribution in [3.8, 4) is 0 Å². The number of hydrogen-bond donors (Lipinski definition) is 1. The van der Waals surface area contributed by atoms with Crippen molar-refractivity contribution >= 4 is 39.8 Å². The number of aryl methyl sites for hydroxylation is 2. The van der Waals surface area contributed by atoms with Crippen LogP contribution in [0.1, 0.15) is 21.6 Å². The minimum atomic E-state index is -0.500. The van der Waals surface area contributed by atoms with Crippen molar-refractivity contribution in [3.05, 3.63) is 64.3 Å². The number of fused-ring (bicyclic) bond motifs is 1. The number of carbonyl (C=O) groups is 1. The average molecular weight is 341 g/mol. The Morgan fingerprint density at radius 1 is 1.12 bits per heavy atom. The number of ether oxygens (including phenoxy) is 1. The molecule has 0 bridgehead atoms. The molecule has 0 fully saturated rings. The molecule has 5 heteroatoms. The van der Waals surface area contributed by atoms with Crippen LogP contribution in [-0.2, 0) is 4.74 Å². The molecule has 0 atom stereocenters. The fourth-order valence-corrected chi connectivity index (χ4v) is 2.72. The van der Waals surface area contributed by atoms with Gasteiger partial charge in [0.15, 0.2) is 5.69 Å². The molecule has 0 unspecified atom stereocenters. The van der Waals surface area contributed by atoms with E-state index >= 15 is 0 Å². The van der Waals surface area contributed by atoms with Crippen molar-refractivity contribution in [2.24, 2.45) is 0 Å². The van der Waals surface area contributed by atoms with Crippen LogP contribution < -0.4 is 5.32 Å². The summed E-state index contributed by atoms with van der Waals surface area (Å²) in [5, 5.41) is 4.68. The van der Waals surface area contributed by atoms with Crippen LogP contribution in [0.4, 0.5) is 11.4 Å². The van der Waals surface area contributed by atoms with Gasteiger partial charge in [0.2, 0.25) is 0 Å². The summed E-state index contributed by atoms with van der Waals surface area (Å²) in [6.07, 6.45) is 0. The fourth-order valence-electron chi connectivity index (χ4n) is 2.50. The first-order valence-corrected chi connectivity index (χ1v) is 7.89. The van der Waals surface area contributed by atoms with Crippen LogP contribution in [-0.4, -0.2) is 18.1 Å². The van der Waals surface area contributed by atoms with Crippen molar-refractivity contribution in [1.82, 2.24) is 4.98 Å². The Morgan fingerprint density at radius 2 is 1.92 bits per heavy atom. The predicted octanol–water partition coefficient (Wildman–Crippen LogP) is 5.04. The monoisotopic (exact) mass is 340 g/mol. The first kappa shape index (κ1) is 16.3. The first-order chi connectivity index (χ1) is 11.5. The zero-order valence-corrected chi connectivity index (χ0v) is 14.4. The van der Waals surface area contributed by atoms with E-state index in [-0.39, 0.29) is 5.69 Å². The molecule has 24 heavy (non-hydrogen) atoms. The van der Waals surface area contributed by atoms with Gasteiger partial charge in [0.1, 0.15) is 0 Å². The Morgan fingerprint density at radius 3 is 2.62 bits per heavy atom. The molecule has 1 N–H and O–H groups in total. The summed E-state index contributed by atoms with van der Waals surface area (Å²) in [7, 11) is 1.33. The van der Waals surface area contributed by atoms with E-state index in [1.54, 1.807) is 12.1 Å². The van der Waals surface area contributed by atoms with Gasteiger partial charge < -0.3 is 10.1 Å².